The molecule has 1 aromatic carbocycles. The van der Waals surface area contributed by atoms with Crippen LogP contribution in [0.3, 0.4) is 0 Å². The van der Waals surface area contributed by atoms with Gasteiger partial charge < -0.3 is 34.9 Å². The molecule has 1 rings (SSSR count). The van der Waals surface area contributed by atoms with Crippen LogP contribution in [0.2, 0.25) is 0 Å². The van der Waals surface area contributed by atoms with E-state index in [-0.39, 0.29) is 6.42 Å². The molecule has 0 unspecified atom stereocenters. The lowest BCUT2D eigenvalue weighted by Gasteiger charge is -2.19. The molecule has 0 saturated heterocycles. The minimum atomic E-state index is -1.24. The van der Waals surface area contributed by atoms with E-state index in [1.165, 1.54) is 19.1 Å². The number of carboxylic acid groups (broad SMARTS) is 1. The third-order valence-electron chi connectivity index (χ3n) is 4.34. The largest absolute Gasteiger partial charge is 0.544 e. The molecule has 0 aromatic heterocycles. The van der Waals surface area contributed by atoms with Crippen molar-refractivity contribution < 1.29 is 34.4 Å². The van der Waals surface area contributed by atoms with Gasteiger partial charge in [-0.3, -0.25) is 4.79 Å². The second kappa shape index (κ2) is 11.3. The topological polar surface area (TPSA) is 109 Å². The molecule has 1 amide bonds. The molecule has 0 bridgehead atoms. The van der Waals surface area contributed by atoms with Crippen LogP contribution in [-0.2, 0) is 9.59 Å². The SMILES string of the molecule is CC[NH+](CC)CC[NH2+][C@H](CC(=O)Nc1cc(OC)ccc1OC)C(=O)[O-]. The third kappa shape index (κ3) is 6.89. The van der Waals surface area contributed by atoms with Gasteiger partial charge in [0.2, 0.25) is 5.91 Å². The first-order valence-corrected chi connectivity index (χ1v) is 8.84. The first-order valence-electron chi connectivity index (χ1n) is 8.84. The van der Waals surface area contributed by atoms with E-state index in [9.17, 15) is 14.7 Å². The smallest absolute Gasteiger partial charge is 0.230 e. The molecule has 8 heteroatoms. The highest BCUT2D eigenvalue weighted by atomic mass is 16.5. The molecule has 0 aliphatic heterocycles. The fourth-order valence-corrected chi connectivity index (χ4v) is 2.67. The Balaban J connectivity index is 2.66. The Hall–Kier alpha value is -2.32. The van der Waals surface area contributed by atoms with Crippen molar-refractivity contribution in [2.45, 2.75) is 26.3 Å². The first-order chi connectivity index (χ1) is 12.4. The summed E-state index contributed by atoms with van der Waals surface area (Å²) in [4.78, 5) is 25.0. The quantitative estimate of drug-likeness (QED) is 0.382. The second-order valence-corrected chi connectivity index (χ2v) is 5.98. The molecule has 0 aliphatic rings. The Bertz CT molecular complexity index is 590. The number of aliphatic carboxylic acids is 1. The molecular weight excluding hydrogens is 338 g/mol. The summed E-state index contributed by atoms with van der Waals surface area (Å²) < 4.78 is 10.3. The number of hydrogen-bond donors (Lipinski definition) is 3. The zero-order chi connectivity index (χ0) is 19.5. The normalized spacial score (nSPS) is 11.9. The molecule has 0 fully saturated rings. The molecule has 0 aliphatic carbocycles. The van der Waals surface area contributed by atoms with Crippen molar-refractivity contribution in [2.75, 3.05) is 45.7 Å². The van der Waals surface area contributed by atoms with E-state index >= 15 is 0 Å². The van der Waals surface area contributed by atoms with Crippen molar-refractivity contribution in [3.63, 3.8) is 0 Å². The lowest BCUT2D eigenvalue weighted by molar-refractivity contribution is -0.910. The van der Waals surface area contributed by atoms with E-state index in [2.05, 4.69) is 19.2 Å². The summed E-state index contributed by atoms with van der Waals surface area (Å²) in [6.07, 6.45) is -0.184. The van der Waals surface area contributed by atoms with Gasteiger partial charge in [0.1, 0.15) is 30.6 Å². The number of methoxy groups -OCH3 is 2. The highest BCUT2D eigenvalue weighted by Crippen LogP contribution is 2.28. The summed E-state index contributed by atoms with van der Waals surface area (Å²) in [7, 11) is 3.01. The van der Waals surface area contributed by atoms with E-state index in [1.54, 1.807) is 23.5 Å². The number of quaternary nitrogens is 2. The predicted molar refractivity (Wildman–Crippen MR) is 95.3 cm³/mol. The van der Waals surface area contributed by atoms with Gasteiger partial charge in [-0.15, -0.1) is 0 Å². The molecule has 26 heavy (non-hydrogen) atoms. The van der Waals surface area contributed by atoms with Gasteiger partial charge in [-0.05, 0) is 26.0 Å². The molecule has 1 atom stereocenters. The highest BCUT2D eigenvalue weighted by molar-refractivity contribution is 5.94. The molecule has 0 heterocycles. The van der Waals surface area contributed by atoms with Crippen molar-refractivity contribution in [1.82, 2.24) is 0 Å². The van der Waals surface area contributed by atoms with Gasteiger partial charge in [0.15, 0.2) is 0 Å². The maximum Gasteiger partial charge on any atom is 0.230 e. The van der Waals surface area contributed by atoms with Gasteiger partial charge >= 0.3 is 0 Å². The number of benzene rings is 1. The maximum atomic E-state index is 12.3. The Morgan fingerprint density at radius 1 is 1.23 bits per heavy atom. The predicted octanol–water partition coefficient (Wildman–Crippen LogP) is -2.36. The molecule has 8 nitrogen and oxygen atoms in total. The van der Waals surface area contributed by atoms with Crippen LogP contribution < -0.4 is 30.1 Å². The number of carbonyl (C=O) groups excluding carboxylic acids is 2. The van der Waals surface area contributed by atoms with E-state index in [4.69, 9.17) is 9.47 Å². The van der Waals surface area contributed by atoms with Crippen molar-refractivity contribution in [2.24, 2.45) is 0 Å². The monoisotopic (exact) mass is 368 g/mol. The Morgan fingerprint density at radius 3 is 2.46 bits per heavy atom. The number of ether oxygens (including phenoxy) is 2. The van der Waals surface area contributed by atoms with Crippen LogP contribution in [0.4, 0.5) is 5.69 Å². The van der Waals surface area contributed by atoms with Crippen molar-refractivity contribution in [1.29, 1.82) is 0 Å². The maximum absolute atomic E-state index is 12.3. The van der Waals surface area contributed by atoms with E-state index in [1.807, 2.05) is 0 Å². The molecule has 4 N–H and O–H groups in total. The number of carbonyl (C=O) groups is 2. The number of carboxylic acids is 1. The molecule has 0 spiro atoms. The summed E-state index contributed by atoms with van der Waals surface area (Å²) in [5.41, 5.74) is 0.432. The van der Waals surface area contributed by atoms with Gasteiger partial charge in [-0.1, -0.05) is 0 Å². The van der Waals surface area contributed by atoms with Gasteiger partial charge in [0.05, 0.1) is 45.4 Å². The van der Waals surface area contributed by atoms with Crippen LogP contribution in [0.25, 0.3) is 0 Å². The van der Waals surface area contributed by atoms with E-state index in [0.717, 1.165) is 19.6 Å². The number of nitrogens with two attached hydrogens (primary N) is 1. The fraction of sp³-hybridized carbons (Fsp3) is 0.556. The zero-order valence-corrected chi connectivity index (χ0v) is 16.0. The molecule has 0 radical (unpaired) electrons. The molecule has 146 valence electrons. The van der Waals surface area contributed by atoms with Gasteiger partial charge in [-0.25, -0.2) is 0 Å². The van der Waals surface area contributed by atoms with Crippen LogP contribution in [-0.4, -0.2) is 58.3 Å². The lowest BCUT2D eigenvalue weighted by atomic mass is 10.2. The van der Waals surface area contributed by atoms with Crippen LogP contribution in [0.1, 0.15) is 20.3 Å². The number of anilines is 1. The molecule has 0 saturated carbocycles. The van der Waals surface area contributed by atoms with E-state index < -0.39 is 17.9 Å². The Kier molecular flexibility index (Phi) is 9.46. The average molecular weight is 368 g/mol. The number of rotatable bonds is 12. The number of nitrogens with one attached hydrogen (secondary N) is 2. The standard InChI is InChI=1S/C18H29N3O5/c1-5-21(6-2)10-9-19-15(18(23)24)12-17(22)20-14-11-13(25-3)7-8-16(14)26-4/h7-8,11,15,19H,5-6,9-10,12H2,1-4H3,(H,20,22)(H,23,24)/p+1/t15-/m1/s1. The van der Waals surface area contributed by atoms with Crippen LogP contribution in [0, 0.1) is 0 Å². The summed E-state index contributed by atoms with van der Waals surface area (Å²) in [6.45, 7) is 7.59. The Morgan fingerprint density at radius 2 is 1.92 bits per heavy atom. The second-order valence-electron chi connectivity index (χ2n) is 5.98. The van der Waals surface area contributed by atoms with Gasteiger partial charge in [0.25, 0.3) is 0 Å². The van der Waals surface area contributed by atoms with Crippen molar-refractivity contribution in [3.8, 4) is 11.5 Å². The minimum Gasteiger partial charge on any atom is -0.544 e. The zero-order valence-electron chi connectivity index (χ0n) is 16.0. The minimum absolute atomic E-state index is 0.184. The summed E-state index contributed by atoms with van der Waals surface area (Å²) in [5, 5.41) is 15.7. The average Bonchev–Trinajstić information content (AvgIpc) is 2.63. The first kappa shape index (κ1) is 21.7. The van der Waals surface area contributed by atoms with Gasteiger partial charge in [-0.2, -0.15) is 0 Å². The van der Waals surface area contributed by atoms with E-state index in [0.29, 0.717) is 23.7 Å². The summed E-state index contributed by atoms with van der Waals surface area (Å²) >= 11 is 0. The summed E-state index contributed by atoms with van der Waals surface area (Å²) in [6, 6.07) is 4.07. The third-order valence-corrected chi connectivity index (χ3v) is 4.34. The number of likely N-dealkylation sites (N-methyl/N-ethyl adjacent to an activating group) is 1. The van der Waals surface area contributed by atoms with Gasteiger partial charge in [0, 0.05) is 6.07 Å². The number of amides is 1. The fourth-order valence-electron chi connectivity index (χ4n) is 2.67. The summed E-state index contributed by atoms with van der Waals surface area (Å²) in [5.74, 6) is -0.630. The van der Waals surface area contributed by atoms with Crippen LogP contribution >= 0.6 is 0 Å². The van der Waals surface area contributed by atoms with Crippen molar-refractivity contribution >= 4 is 17.6 Å². The molecule has 1 aromatic rings. The van der Waals surface area contributed by atoms with Crippen LogP contribution in [0.15, 0.2) is 18.2 Å². The Labute approximate surface area is 154 Å². The number of hydrogen-bond acceptors (Lipinski definition) is 5. The highest BCUT2D eigenvalue weighted by Gasteiger charge is 2.20. The van der Waals surface area contributed by atoms with Crippen molar-refractivity contribution in [3.05, 3.63) is 18.2 Å². The lowest BCUT2D eigenvalue weighted by Crippen LogP contribution is -3.14. The van der Waals surface area contributed by atoms with Crippen LogP contribution in [0.5, 0.6) is 11.5 Å². The molecular formula is C18H30N3O5+.